The number of esters is 2. The Bertz CT molecular complexity index is 1150. The molecule has 0 spiro atoms. The van der Waals surface area contributed by atoms with Gasteiger partial charge in [0.15, 0.2) is 12.4 Å². The second-order valence-corrected chi connectivity index (χ2v) is 13.1. The van der Waals surface area contributed by atoms with Gasteiger partial charge in [0.1, 0.15) is 31.0 Å². The molecule has 1 heterocycles. The zero-order valence-corrected chi connectivity index (χ0v) is 32.6. The van der Waals surface area contributed by atoms with E-state index in [2.05, 4.69) is 56.4 Å². The van der Waals surface area contributed by atoms with Crippen molar-refractivity contribution in [3.05, 3.63) is 85.4 Å². The van der Waals surface area contributed by atoms with E-state index in [-0.39, 0.29) is 26.1 Å². The molecule has 0 unspecified atom stereocenters. The second-order valence-electron chi connectivity index (χ2n) is 13.1. The highest BCUT2D eigenvalue weighted by Gasteiger charge is 2.44. The van der Waals surface area contributed by atoms with Crippen molar-refractivity contribution in [1.29, 1.82) is 0 Å². The summed E-state index contributed by atoms with van der Waals surface area (Å²) in [5.74, 6) is -0.896. The molecule has 0 radical (unpaired) electrons. The molecular weight excluding hydrogens is 692 g/mol. The molecule has 11 nitrogen and oxygen atoms in total. The van der Waals surface area contributed by atoms with Gasteiger partial charge in [0.25, 0.3) is 0 Å². The Kier molecular flexibility index (Phi) is 30.8. The van der Waals surface area contributed by atoms with E-state index in [9.17, 15) is 30.0 Å². The standard InChI is InChI=1S/C43H68O11/c1-3-5-7-9-10-11-12-13-14-16-20-23-26-30-39(46)53-36(35-52-43-42(49)41(48)40(47)37(33-44)54-43)34-51-38(45)29-25-22-19-17-15-18-21-24-28-32-50-31-27-8-6-4-2/h5-8,10-11,13-14,21,24,27-28,31-32,36-37,40-44,47-49H,3-4,9,12,15-20,22-23,25-26,29-30,33-35H2,1-2H3/b7-5-,8-6-,11-10-,14-13-,24-21-,31-27-,32-28+/t36-,37-,40+,41+,42-,43-/m1/s1. The fraction of sp³-hybridized carbons (Fsp3) is 0.628. The minimum atomic E-state index is -1.61. The molecule has 54 heavy (non-hydrogen) atoms. The SMILES string of the molecule is CC/C=C\C=C/O/C=C/C=C\CCCCCCCC(=O)OC[C@H](CO[C@@H]1O[C@H](CO)[C@H](O)[C@H](O)[C@H]1O)OC(=O)CCCCC/C=C\C/C=C\C/C=C\CC. The topological polar surface area (TPSA) is 161 Å². The first-order valence-electron chi connectivity index (χ1n) is 19.8. The normalized spacial score (nSPS) is 21.6. The maximum atomic E-state index is 12.7. The summed E-state index contributed by atoms with van der Waals surface area (Å²) in [6, 6.07) is 0. The second kappa shape index (κ2) is 34.2. The Hall–Kier alpha value is -3.32. The van der Waals surface area contributed by atoms with Crippen LogP contribution in [0.25, 0.3) is 0 Å². The van der Waals surface area contributed by atoms with Gasteiger partial charge in [-0.3, -0.25) is 9.59 Å². The third-order valence-electron chi connectivity index (χ3n) is 8.35. The third-order valence-corrected chi connectivity index (χ3v) is 8.35. The molecule has 1 fully saturated rings. The van der Waals surface area contributed by atoms with Crippen LogP contribution in [0.15, 0.2) is 85.4 Å². The lowest BCUT2D eigenvalue weighted by molar-refractivity contribution is -0.305. The van der Waals surface area contributed by atoms with Crippen LogP contribution in [-0.2, 0) is 33.3 Å². The average Bonchev–Trinajstić information content (AvgIpc) is 3.17. The number of rotatable bonds is 31. The van der Waals surface area contributed by atoms with E-state index in [1.54, 1.807) is 12.5 Å². The number of carbonyl (C=O) groups excluding carboxylic acids is 2. The molecule has 0 bridgehead atoms. The Morgan fingerprint density at radius 3 is 1.89 bits per heavy atom. The Balaban J connectivity index is 2.42. The fourth-order valence-corrected chi connectivity index (χ4v) is 5.24. The quantitative estimate of drug-likeness (QED) is 0.0184. The van der Waals surface area contributed by atoms with Crippen LogP contribution in [0.4, 0.5) is 0 Å². The average molecular weight is 761 g/mol. The third kappa shape index (κ3) is 25.7. The lowest BCUT2D eigenvalue weighted by atomic mass is 9.99. The summed E-state index contributed by atoms with van der Waals surface area (Å²) < 4.78 is 27.2. The molecule has 1 saturated heterocycles. The van der Waals surface area contributed by atoms with Crippen molar-refractivity contribution in [2.24, 2.45) is 0 Å². The highest BCUT2D eigenvalue weighted by molar-refractivity contribution is 5.70. The summed E-state index contributed by atoms with van der Waals surface area (Å²) in [5, 5.41) is 39.9. The van der Waals surface area contributed by atoms with Gasteiger partial charge < -0.3 is 44.1 Å². The molecule has 1 aliphatic rings. The Morgan fingerprint density at radius 1 is 0.630 bits per heavy atom. The summed E-state index contributed by atoms with van der Waals surface area (Å²) in [6.45, 7) is 3.02. The molecule has 0 aromatic heterocycles. The van der Waals surface area contributed by atoms with Crippen LogP contribution < -0.4 is 0 Å². The molecule has 0 amide bonds. The molecule has 1 rings (SSSR count). The van der Waals surface area contributed by atoms with Crippen LogP contribution >= 0.6 is 0 Å². The molecule has 0 aromatic carbocycles. The number of ether oxygens (including phenoxy) is 5. The number of aliphatic hydroxyl groups excluding tert-OH is 4. The van der Waals surface area contributed by atoms with E-state index < -0.39 is 55.4 Å². The summed E-state index contributed by atoms with van der Waals surface area (Å²) in [6.07, 6.45) is 32.8. The minimum absolute atomic E-state index is 0.178. The van der Waals surface area contributed by atoms with Gasteiger partial charge in [-0.25, -0.2) is 0 Å². The van der Waals surface area contributed by atoms with E-state index in [0.29, 0.717) is 12.8 Å². The summed E-state index contributed by atoms with van der Waals surface area (Å²) in [7, 11) is 0. The molecule has 0 aromatic rings. The van der Waals surface area contributed by atoms with Gasteiger partial charge in [0, 0.05) is 12.8 Å². The van der Waals surface area contributed by atoms with Crippen LogP contribution in [0.2, 0.25) is 0 Å². The van der Waals surface area contributed by atoms with Gasteiger partial charge in [0.2, 0.25) is 0 Å². The molecule has 0 aliphatic carbocycles. The van der Waals surface area contributed by atoms with Crippen molar-refractivity contribution < 1.29 is 53.7 Å². The van der Waals surface area contributed by atoms with Gasteiger partial charge in [-0.15, -0.1) is 0 Å². The smallest absolute Gasteiger partial charge is 0.306 e. The van der Waals surface area contributed by atoms with Crippen LogP contribution in [-0.4, -0.2) is 89.0 Å². The number of allylic oxidation sites excluding steroid dienone is 12. The van der Waals surface area contributed by atoms with Gasteiger partial charge >= 0.3 is 11.9 Å². The summed E-state index contributed by atoms with van der Waals surface area (Å²) in [5.41, 5.74) is 0. The predicted molar refractivity (Wildman–Crippen MR) is 211 cm³/mol. The minimum Gasteiger partial charge on any atom is -0.473 e. The monoisotopic (exact) mass is 760 g/mol. The van der Waals surface area contributed by atoms with Gasteiger partial charge in [0.05, 0.1) is 25.7 Å². The highest BCUT2D eigenvalue weighted by Crippen LogP contribution is 2.22. The maximum Gasteiger partial charge on any atom is 0.306 e. The van der Waals surface area contributed by atoms with E-state index >= 15 is 0 Å². The first-order chi connectivity index (χ1) is 26.3. The van der Waals surface area contributed by atoms with Gasteiger partial charge in [-0.1, -0.05) is 100 Å². The maximum absolute atomic E-state index is 12.7. The number of hydrogen-bond donors (Lipinski definition) is 4. The van der Waals surface area contributed by atoms with Crippen LogP contribution in [0.1, 0.15) is 117 Å². The zero-order chi connectivity index (χ0) is 39.5. The summed E-state index contributed by atoms with van der Waals surface area (Å²) in [4.78, 5) is 25.2. The number of unbranched alkanes of at least 4 members (excludes halogenated alkanes) is 8. The highest BCUT2D eigenvalue weighted by atomic mass is 16.7. The molecule has 6 atom stereocenters. The van der Waals surface area contributed by atoms with Crippen molar-refractivity contribution in [1.82, 2.24) is 0 Å². The Morgan fingerprint density at radius 2 is 1.20 bits per heavy atom. The van der Waals surface area contributed by atoms with Crippen molar-refractivity contribution in [3.63, 3.8) is 0 Å². The fourth-order valence-electron chi connectivity index (χ4n) is 5.24. The van der Waals surface area contributed by atoms with Crippen LogP contribution in [0.5, 0.6) is 0 Å². The molecule has 11 heteroatoms. The van der Waals surface area contributed by atoms with Crippen molar-refractivity contribution in [3.8, 4) is 0 Å². The molecular formula is C43H68O11. The van der Waals surface area contributed by atoms with E-state index in [4.69, 9.17) is 23.7 Å². The predicted octanol–water partition coefficient (Wildman–Crippen LogP) is 7.36. The van der Waals surface area contributed by atoms with Gasteiger partial charge in [-0.05, 0) is 76.4 Å². The zero-order valence-electron chi connectivity index (χ0n) is 32.6. The van der Waals surface area contributed by atoms with E-state index in [1.807, 2.05) is 30.4 Å². The molecule has 306 valence electrons. The summed E-state index contributed by atoms with van der Waals surface area (Å²) >= 11 is 0. The van der Waals surface area contributed by atoms with Crippen molar-refractivity contribution >= 4 is 11.9 Å². The van der Waals surface area contributed by atoms with Crippen molar-refractivity contribution in [2.75, 3.05) is 19.8 Å². The first kappa shape index (κ1) is 48.7. The molecule has 0 saturated carbocycles. The largest absolute Gasteiger partial charge is 0.473 e. The van der Waals surface area contributed by atoms with E-state index in [1.165, 1.54) is 0 Å². The number of hydrogen-bond acceptors (Lipinski definition) is 11. The van der Waals surface area contributed by atoms with Crippen molar-refractivity contribution in [2.45, 2.75) is 153 Å². The van der Waals surface area contributed by atoms with Crippen LogP contribution in [0.3, 0.4) is 0 Å². The lowest BCUT2D eigenvalue weighted by Gasteiger charge is -2.39. The Labute approximate surface area is 323 Å². The first-order valence-corrected chi connectivity index (χ1v) is 19.8. The molecule has 1 aliphatic heterocycles. The number of carbonyl (C=O) groups is 2. The van der Waals surface area contributed by atoms with Gasteiger partial charge in [-0.2, -0.15) is 0 Å². The lowest BCUT2D eigenvalue weighted by Crippen LogP contribution is -2.59. The van der Waals surface area contributed by atoms with E-state index in [0.717, 1.165) is 77.0 Å². The molecule has 4 N–H and O–H groups in total. The van der Waals surface area contributed by atoms with Crippen LogP contribution in [0, 0.1) is 0 Å². The number of aliphatic hydroxyl groups is 4.